The third-order valence-corrected chi connectivity index (χ3v) is 5.33. The van der Waals surface area contributed by atoms with Crippen LogP contribution in [0.4, 0.5) is 0 Å². The molecule has 3 unspecified atom stereocenters. The molecule has 0 aliphatic heterocycles. The maximum Gasteiger partial charge on any atom is 0.132 e. The standard InChI is InChI=1S/C17H26O2/c1-3-12-4-6-13(7-5-12)17(18)16-9-8-15(19-16)14-10-11(14)2/h8-9,11-14,17-18H,3-7,10H2,1-2H3. The smallest absolute Gasteiger partial charge is 0.132 e. The van der Waals surface area contributed by atoms with Gasteiger partial charge in [0.25, 0.3) is 0 Å². The highest BCUT2D eigenvalue weighted by Crippen LogP contribution is 2.48. The molecule has 0 radical (unpaired) electrons. The highest BCUT2D eigenvalue weighted by molar-refractivity contribution is 5.19. The summed E-state index contributed by atoms with van der Waals surface area (Å²) in [7, 11) is 0. The summed E-state index contributed by atoms with van der Waals surface area (Å²) in [5.41, 5.74) is 0. The third-order valence-electron chi connectivity index (χ3n) is 5.33. The monoisotopic (exact) mass is 262 g/mol. The predicted octanol–water partition coefficient (Wildman–Crippen LogP) is 4.65. The molecule has 1 aromatic heterocycles. The highest BCUT2D eigenvalue weighted by atomic mass is 16.4. The van der Waals surface area contributed by atoms with E-state index in [1.54, 1.807) is 0 Å². The number of aliphatic hydroxyl groups excluding tert-OH is 1. The van der Waals surface area contributed by atoms with E-state index in [0.29, 0.717) is 11.8 Å². The Kier molecular flexibility index (Phi) is 3.70. The highest BCUT2D eigenvalue weighted by Gasteiger charge is 2.37. The lowest BCUT2D eigenvalue weighted by Gasteiger charge is -2.30. The van der Waals surface area contributed by atoms with Crippen LogP contribution in [0.2, 0.25) is 0 Å². The van der Waals surface area contributed by atoms with Crippen molar-refractivity contribution >= 4 is 0 Å². The van der Waals surface area contributed by atoms with E-state index in [1.807, 2.05) is 6.07 Å². The molecule has 19 heavy (non-hydrogen) atoms. The Morgan fingerprint density at radius 3 is 2.53 bits per heavy atom. The van der Waals surface area contributed by atoms with Gasteiger partial charge in [-0.2, -0.15) is 0 Å². The minimum absolute atomic E-state index is 0.388. The van der Waals surface area contributed by atoms with Crippen LogP contribution in [0, 0.1) is 17.8 Å². The van der Waals surface area contributed by atoms with Gasteiger partial charge in [-0.3, -0.25) is 0 Å². The molecule has 3 rings (SSSR count). The Bertz CT molecular complexity index is 415. The number of hydrogen-bond donors (Lipinski definition) is 1. The molecular weight excluding hydrogens is 236 g/mol. The molecule has 1 aromatic rings. The van der Waals surface area contributed by atoms with Crippen LogP contribution in [-0.2, 0) is 0 Å². The van der Waals surface area contributed by atoms with E-state index < -0.39 is 0 Å². The summed E-state index contributed by atoms with van der Waals surface area (Å²) in [4.78, 5) is 0. The summed E-state index contributed by atoms with van der Waals surface area (Å²) in [6, 6.07) is 4.07. The zero-order valence-electron chi connectivity index (χ0n) is 12.1. The summed E-state index contributed by atoms with van der Waals surface area (Å²) < 4.78 is 5.90. The van der Waals surface area contributed by atoms with Gasteiger partial charge >= 0.3 is 0 Å². The minimum Gasteiger partial charge on any atom is -0.463 e. The zero-order chi connectivity index (χ0) is 13.4. The average Bonchev–Trinajstić information content (AvgIpc) is 2.99. The second-order valence-electron chi connectivity index (χ2n) is 6.69. The Balaban J connectivity index is 1.60. The average molecular weight is 262 g/mol. The van der Waals surface area contributed by atoms with E-state index in [-0.39, 0.29) is 6.10 Å². The number of rotatable bonds is 4. The van der Waals surface area contributed by atoms with Crippen molar-refractivity contribution in [1.29, 1.82) is 0 Å². The third kappa shape index (κ3) is 2.74. The lowest BCUT2D eigenvalue weighted by molar-refractivity contribution is 0.0544. The molecule has 0 amide bonds. The van der Waals surface area contributed by atoms with Crippen LogP contribution in [0.15, 0.2) is 16.5 Å². The Morgan fingerprint density at radius 1 is 1.26 bits per heavy atom. The summed E-state index contributed by atoms with van der Waals surface area (Å²) in [6.07, 6.45) is 6.97. The zero-order valence-corrected chi connectivity index (χ0v) is 12.1. The van der Waals surface area contributed by atoms with Gasteiger partial charge in [0.05, 0.1) is 0 Å². The molecule has 1 heterocycles. The molecule has 2 saturated carbocycles. The van der Waals surface area contributed by atoms with Crippen molar-refractivity contribution in [2.75, 3.05) is 0 Å². The molecule has 0 saturated heterocycles. The van der Waals surface area contributed by atoms with Gasteiger partial charge in [0.1, 0.15) is 17.6 Å². The van der Waals surface area contributed by atoms with Crippen LogP contribution in [0.5, 0.6) is 0 Å². The first kappa shape index (κ1) is 13.2. The quantitative estimate of drug-likeness (QED) is 0.856. The lowest BCUT2D eigenvalue weighted by Crippen LogP contribution is -2.19. The Labute approximate surface area is 116 Å². The van der Waals surface area contributed by atoms with Crippen LogP contribution >= 0.6 is 0 Å². The van der Waals surface area contributed by atoms with Crippen LogP contribution < -0.4 is 0 Å². The molecule has 106 valence electrons. The molecule has 3 atom stereocenters. The van der Waals surface area contributed by atoms with Crippen LogP contribution in [-0.4, -0.2) is 5.11 Å². The summed E-state index contributed by atoms with van der Waals surface area (Å²) >= 11 is 0. The predicted molar refractivity (Wildman–Crippen MR) is 75.9 cm³/mol. The fourth-order valence-corrected chi connectivity index (χ4v) is 3.59. The second-order valence-corrected chi connectivity index (χ2v) is 6.69. The first-order valence-corrected chi connectivity index (χ1v) is 7.96. The molecule has 2 aliphatic carbocycles. The van der Waals surface area contributed by atoms with Gasteiger partial charge in [0.15, 0.2) is 0 Å². The van der Waals surface area contributed by atoms with E-state index in [0.717, 1.165) is 36.2 Å². The van der Waals surface area contributed by atoms with E-state index in [1.165, 1.54) is 25.7 Å². The van der Waals surface area contributed by atoms with Gasteiger partial charge < -0.3 is 9.52 Å². The largest absolute Gasteiger partial charge is 0.463 e. The summed E-state index contributed by atoms with van der Waals surface area (Å²) in [5, 5.41) is 10.5. The summed E-state index contributed by atoms with van der Waals surface area (Å²) in [5.74, 6) is 4.53. The minimum atomic E-state index is -0.388. The van der Waals surface area contributed by atoms with E-state index in [2.05, 4.69) is 19.9 Å². The first-order chi connectivity index (χ1) is 9.19. The van der Waals surface area contributed by atoms with Crippen molar-refractivity contribution in [3.63, 3.8) is 0 Å². The normalized spacial score (nSPS) is 36.2. The van der Waals surface area contributed by atoms with Crippen molar-refractivity contribution in [2.24, 2.45) is 17.8 Å². The van der Waals surface area contributed by atoms with E-state index >= 15 is 0 Å². The molecule has 1 N–H and O–H groups in total. The van der Waals surface area contributed by atoms with Crippen molar-refractivity contribution in [1.82, 2.24) is 0 Å². The van der Waals surface area contributed by atoms with Crippen molar-refractivity contribution < 1.29 is 9.52 Å². The van der Waals surface area contributed by atoms with Gasteiger partial charge in [-0.05, 0) is 49.1 Å². The second kappa shape index (κ2) is 5.32. The molecular formula is C17H26O2. The molecule has 2 nitrogen and oxygen atoms in total. The van der Waals surface area contributed by atoms with Crippen molar-refractivity contribution in [2.45, 2.75) is 64.4 Å². The lowest BCUT2D eigenvalue weighted by atomic mass is 9.78. The molecule has 2 fully saturated rings. The van der Waals surface area contributed by atoms with Crippen LogP contribution in [0.1, 0.15) is 75.9 Å². The van der Waals surface area contributed by atoms with Crippen molar-refractivity contribution in [3.8, 4) is 0 Å². The molecule has 2 heteroatoms. The molecule has 0 spiro atoms. The van der Waals surface area contributed by atoms with Gasteiger partial charge in [-0.1, -0.05) is 33.1 Å². The molecule has 0 bridgehead atoms. The van der Waals surface area contributed by atoms with E-state index in [4.69, 9.17) is 4.42 Å². The van der Waals surface area contributed by atoms with Crippen LogP contribution in [0.25, 0.3) is 0 Å². The van der Waals surface area contributed by atoms with E-state index in [9.17, 15) is 5.11 Å². The maximum absolute atomic E-state index is 10.5. The number of furan rings is 1. The first-order valence-electron chi connectivity index (χ1n) is 7.96. The SMILES string of the molecule is CCC1CCC(C(O)c2ccc(C3CC3C)o2)CC1. The van der Waals surface area contributed by atoms with Gasteiger partial charge in [0, 0.05) is 5.92 Å². The van der Waals surface area contributed by atoms with Crippen LogP contribution in [0.3, 0.4) is 0 Å². The fourth-order valence-electron chi connectivity index (χ4n) is 3.59. The maximum atomic E-state index is 10.5. The van der Waals surface area contributed by atoms with Gasteiger partial charge in [-0.25, -0.2) is 0 Å². The Hall–Kier alpha value is -0.760. The molecule has 2 aliphatic rings. The number of aliphatic hydroxyl groups is 1. The summed E-state index contributed by atoms with van der Waals surface area (Å²) in [6.45, 7) is 4.53. The number of hydrogen-bond acceptors (Lipinski definition) is 2. The van der Waals surface area contributed by atoms with Crippen molar-refractivity contribution in [3.05, 3.63) is 23.7 Å². The molecule has 0 aromatic carbocycles. The van der Waals surface area contributed by atoms with Gasteiger partial charge in [0.2, 0.25) is 0 Å². The van der Waals surface area contributed by atoms with Gasteiger partial charge in [-0.15, -0.1) is 0 Å². The Morgan fingerprint density at radius 2 is 1.95 bits per heavy atom. The topological polar surface area (TPSA) is 33.4 Å². The fraction of sp³-hybridized carbons (Fsp3) is 0.765.